The van der Waals surface area contributed by atoms with E-state index in [1.54, 1.807) is 13.2 Å². The number of ether oxygens (including phenoxy) is 2. The van der Waals surface area contributed by atoms with Crippen LogP contribution >= 0.6 is 0 Å². The highest BCUT2D eigenvalue weighted by atomic mass is 16.5. The number of amides is 1. The minimum atomic E-state index is -0.540. The van der Waals surface area contributed by atoms with Crippen LogP contribution in [0.25, 0.3) is 0 Å². The molecule has 0 heterocycles. The maximum atomic E-state index is 12.8. The number of carbonyl (C=O) groups is 1. The van der Waals surface area contributed by atoms with Gasteiger partial charge in [-0.15, -0.1) is 0 Å². The number of carbonyl (C=O) groups excluding carboxylic acids is 1. The van der Waals surface area contributed by atoms with E-state index < -0.39 is 6.10 Å². The van der Waals surface area contributed by atoms with Crippen LogP contribution in [0.1, 0.15) is 49.4 Å². The summed E-state index contributed by atoms with van der Waals surface area (Å²) in [5.41, 5.74) is 3.57. The van der Waals surface area contributed by atoms with Crippen molar-refractivity contribution in [1.82, 2.24) is 5.32 Å². The quantitative estimate of drug-likeness (QED) is 0.744. The van der Waals surface area contributed by atoms with E-state index in [0.29, 0.717) is 17.9 Å². The van der Waals surface area contributed by atoms with Crippen LogP contribution in [0.5, 0.6) is 11.5 Å². The molecule has 2 aromatic rings. The van der Waals surface area contributed by atoms with Crippen molar-refractivity contribution in [1.29, 1.82) is 0 Å². The fourth-order valence-electron chi connectivity index (χ4n) is 3.04. The topological polar surface area (TPSA) is 47.6 Å². The van der Waals surface area contributed by atoms with Gasteiger partial charge in [0.25, 0.3) is 5.91 Å². The summed E-state index contributed by atoms with van der Waals surface area (Å²) in [4.78, 5) is 12.8. The van der Waals surface area contributed by atoms with Crippen LogP contribution in [0.2, 0.25) is 0 Å². The van der Waals surface area contributed by atoms with Crippen LogP contribution in [0.15, 0.2) is 42.5 Å². The molecule has 2 atom stereocenters. The maximum Gasteiger partial charge on any atom is 0.261 e. The Hall–Kier alpha value is -2.49. The zero-order valence-corrected chi connectivity index (χ0v) is 16.3. The van der Waals surface area contributed by atoms with E-state index in [2.05, 4.69) is 44.3 Å². The lowest BCUT2D eigenvalue weighted by Crippen LogP contribution is -2.40. The second-order valence-electron chi connectivity index (χ2n) is 6.52. The van der Waals surface area contributed by atoms with Gasteiger partial charge in [0.2, 0.25) is 0 Å². The Balaban J connectivity index is 2.11. The van der Waals surface area contributed by atoms with Crippen molar-refractivity contribution in [2.75, 3.05) is 7.11 Å². The number of methoxy groups -OCH3 is 1. The van der Waals surface area contributed by atoms with Gasteiger partial charge in [0.15, 0.2) is 6.10 Å². The molecule has 0 spiro atoms. The molecule has 4 nitrogen and oxygen atoms in total. The van der Waals surface area contributed by atoms with Gasteiger partial charge in [-0.05, 0) is 49.9 Å². The third kappa shape index (κ3) is 5.01. The normalized spacial score (nSPS) is 13.0. The number of benzene rings is 2. The maximum absolute atomic E-state index is 12.8. The average molecular weight is 355 g/mol. The molecular weight excluding hydrogens is 326 g/mol. The van der Waals surface area contributed by atoms with Crippen molar-refractivity contribution in [2.24, 2.45) is 0 Å². The molecule has 26 heavy (non-hydrogen) atoms. The van der Waals surface area contributed by atoms with Crippen molar-refractivity contribution in [3.05, 3.63) is 59.2 Å². The molecule has 0 bridgehead atoms. The fraction of sp³-hybridized carbons (Fsp3) is 0.409. The first kappa shape index (κ1) is 19.8. The van der Waals surface area contributed by atoms with Crippen LogP contribution in [-0.2, 0) is 4.79 Å². The summed E-state index contributed by atoms with van der Waals surface area (Å²) in [6.45, 7) is 8.18. The summed E-state index contributed by atoms with van der Waals surface area (Å²) in [7, 11) is 1.61. The minimum Gasteiger partial charge on any atom is -0.497 e. The van der Waals surface area contributed by atoms with Gasteiger partial charge in [-0.2, -0.15) is 0 Å². The SMILES string of the molecule is CCC(Oc1cccc(OC)c1)C(=O)NC(CC)c1ccc(C)cc1C. The monoisotopic (exact) mass is 355 g/mol. The Morgan fingerprint density at radius 1 is 1.04 bits per heavy atom. The molecule has 2 aromatic carbocycles. The highest BCUT2D eigenvalue weighted by Gasteiger charge is 2.22. The van der Waals surface area contributed by atoms with Gasteiger partial charge >= 0.3 is 0 Å². The van der Waals surface area contributed by atoms with Crippen molar-refractivity contribution >= 4 is 5.91 Å². The van der Waals surface area contributed by atoms with Crippen LogP contribution in [-0.4, -0.2) is 19.1 Å². The zero-order chi connectivity index (χ0) is 19.1. The lowest BCUT2D eigenvalue weighted by atomic mass is 9.97. The molecule has 1 N–H and O–H groups in total. The van der Waals surface area contributed by atoms with Crippen molar-refractivity contribution < 1.29 is 14.3 Å². The number of nitrogens with one attached hydrogen (secondary N) is 1. The van der Waals surface area contributed by atoms with E-state index in [-0.39, 0.29) is 11.9 Å². The molecule has 0 fully saturated rings. The van der Waals surface area contributed by atoms with Gasteiger partial charge in [0.05, 0.1) is 13.2 Å². The molecule has 1 amide bonds. The molecule has 0 saturated carbocycles. The molecule has 2 unspecified atom stereocenters. The fourth-order valence-corrected chi connectivity index (χ4v) is 3.04. The number of hydrogen-bond acceptors (Lipinski definition) is 3. The Kier molecular flexibility index (Phi) is 7.07. The summed E-state index contributed by atoms with van der Waals surface area (Å²) in [6, 6.07) is 13.6. The highest BCUT2D eigenvalue weighted by Crippen LogP contribution is 2.24. The number of rotatable bonds is 8. The number of hydrogen-bond donors (Lipinski definition) is 1. The predicted molar refractivity (Wildman–Crippen MR) is 105 cm³/mol. The van der Waals surface area contributed by atoms with Crippen molar-refractivity contribution in [3.63, 3.8) is 0 Å². The average Bonchev–Trinajstić information content (AvgIpc) is 2.64. The van der Waals surface area contributed by atoms with E-state index in [4.69, 9.17) is 9.47 Å². The Bertz CT molecular complexity index is 742. The summed E-state index contributed by atoms with van der Waals surface area (Å²) < 4.78 is 11.1. The Morgan fingerprint density at radius 2 is 1.77 bits per heavy atom. The summed E-state index contributed by atoms with van der Waals surface area (Å²) in [6.07, 6.45) is 0.874. The third-order valence-electron chi connectivity index (χ3n) is 4.51. The molecule has 140 valence electrons. The molecular formula is C22H29NO3. The van der Waals surface area contributed by atoms with E-state index in [0.717, 1.165) is 12.0 Å². The summed E-state index contributed by atoms with van der Waals surface area (Å²) in [5.74, 6) is 1.24. The van der Waals surface area contributed by atoms with Crippen molar-refractivity contribution in [2.45, 2.75) is 52.7 Å². The summed E-state index contributed by atoms with van der Waals surface area (Å²) >= 11 is 0. The molecule has 0 aromatic heterocycles. The highest BCUT2D eigenvalue weighted by molar-refractivity contribution is 5.81. The lowest BCUT2D eigenvalue weighted by Gasteiger charge is -2.24. The Labute approximate surface area is 156 Å². The molecule has 0 saturated heterocycles. The molecule has 0 radical (unpaired) electrons. The van der Waals surface area contributed by atoms with Gasteiger partial charge in [-0.3, -0.25) is 4.79 Å². The molecule has 0 aliphatic rings. The summed E-state index contributed by atoms with van der Waals surface area (Å²) in [5, 5.41) is 3.15. The predicted octanol–water partition coefficient (Wildman–Crippen LogP) is 4.74. The molecule has 0 aliphatic heterocycles. The van der Waals surface area contributed by atoms with Gasteiger partial charge in [0.1, 0.15) is 11.5 Å². The van der Waals surface area contributed by atoms with Gasteiger partial charge in [0, 0.05) is 6.07 Å². The number of aryl methyl sites for hydroxylation is 2. The van der Waals surface area contributed by atoms with Gasteiger partial charge in [-0.1, -0.05) is 43.7 Å². The van der Waals surface area contributed by atoms with Crippen LogP contribution in [0, 0.1) is 13.8 Å². The largest absolute Gasteiger partial charge is 0.497 e. The second-order valence-corrected chi connectivity index (χ2v) is 6.52. The van der Waals surface area contributed by atoms with Crippen LogP contribution in [0.4, 0.5) is 0 Å². The first-order chi connectivity index (χ1) is 12.5. The van der Waals surface area contributed by atoms with Crippen molar-refractivity contribution in [3.8, 4) is 11.5 Å². The minimum absolute atomic E-state index is 0.0222. The second kappa shape index (κ2) is 9.27. The Morgan fingerprint density at radius 3 is 2.38 bits per heavy atom. The van der Waals surface area contributed by atoms with E-state index >= 15 is 0 Å². The van der Waals surface area contributed by atoms with E-state index in [9.17, 15) is 4.79 Å². The van der Waals surface area contributed by atoms with Gasteiger partial charge < -0.3 is 14.8 Å². The zero-order valence-electron chi connectivity index (χ0n) is 16.3. The van der Waals surface area contributed by atoms with E-state index in [1.807, 2.05) is 25.1 Å². The molecule has 4 heteroatoms. The first-order valence-electron chi connectivity index (χ1n) is 9.16. The smallest absolute Gasteiger partial charge is 0.261 e. The molecule has 2 rings (SSSR count). The standard InChI is InChI=1S/C22H29NO3/c1-6-20(19-12-11-15(3)13-16(19)4)23-22(24)21(7-2)26-18-10-8-9-17(14-18)25-5/h8-14,20-21H,6-7H2,1-5H3,(H,23,24). The van der Waals surface area contributed by atoms with Gasteiger partial charge in [-0.25, -0.2) is 0 Å². The van der Waals surface area contributed by atoms with Crippen LogP contribution < -0.4 is 14.8 Å². The molecule has 0 aliphatic carbocycles. The lowest BCUT2D eigenvalue weighted by molar-refractivity contribution is -0.129. The van der Waals surface area contributed by atoms with E-state index in [1.165, 1.54) is 11.1 Å². The third-order valence-corrected chi connectivity index (χ3v) is 4.51. The first-order valence-corrected chi connectivity index (χ1v) is 9.16. The van der Waals surface area contributed by atoms with Crippen LogP contribution in [0.3, 0.4) is 0 Å².